The Balaban J connectivity index is 1.86. The first kappa shape index (κ1) is 18.9. The number of para-hydroxylation sites is 2. The summed E-state index contributed by atoms with van der Waals surface area (Å²) in [4.78, 5) is 20.5. The molecular formula is C18H29N5O2. The number of piperazine rings is 1. The summed E-state index contributed by atoms with van der Waals surface area (Å²) >= 11 is 0. The number of phenolic OH excluding ortho intramolecular Hbond substituents is 1. The van der Waals surface area contributed by atoms with Gasteiger partial charge in [-0.1, -0.05) is 12.1 Å². The number of phenols is 1. The van der Waals surface area contributed by atoms with Gasteiger partial charge in [0.1, 0.15) is 5.75 Å². The number of hydrogen-bond acceptors (Lipinski definition) is 4. The minimum Gasteiger partial charge on any atom is -0.506 e. The normalized spacial score (nSPS) is 15.9. The monoisotopic (exact) mass is 347 g/mol. The molecule has 1 aromatic carbocycles. The van der Waals surface area contributed by atoms with Crippen molar-refractivity contribution < 1.29 is 9.90 Å². The number of carbonyl (C=O) groups is 1. The Morgan fingerprint density at radius 1 is 1.20 bits per heavy atom. The van der Waals surface area contributed by atoms with Crippen LogP contribution >= 0.6 is 0 Å². The molecule has 1 saturated heterocycles. The van der Waals surface area contributed by atoms with Gasteiger partial charge in [-0.2, -0.15) is 0 Å². The van der Waals surface area contributed by atoms with Gasteiger partial charge in [-0.15, -0.1) is 0 Å². The van der Waals surface area contributed by atoms with E-state index >= 15 is 0 Å². The summed E-state index contributed by atoms with van der Waals surface area (Å²) in [5.41, 5.74) is 0.612. The van der Waals surface area contributed by atoms with Crippen LogP contribution in [0.25, 0.3) is 0 Å². The summed E-state index contributed by atoms with van der Waals surface area (Å²) in [6.07, 6.45) is 0. The predicted octanol–water partition coefficient (Wildman–Crippen LogP) is 1.00. The molecule has 0 bridgehead atoms. The van der Waals surface area contributed by atoms with E-state index in [0.29, 0.717) is 5.75 Å². The van der Waals surface area contributed by atoms with Gasteiger partial charge < -0.3 is 25.5 Å². The third-order valence-corrected chi connectivity index (χ3v) is 3.93. The molecule has 0 aliphatic carbocycles. The zero-order valence-electron chi connectivity index (χ0n) is 15.5. The number of benzene rings is 1. The standard InChI is InChI=1S/C18H29N5O2/c1-18(2,3)21-16(25)13-20-17(19-4)23-11-9-22(10-12-23)14-7-5-6-8-15(14)24/h5-8,24H,9-13H2,1-4H3,(H,19,20)(H,21,25). The lowest BCUT2D eigenvalue weighted by Gasteiger charge is -2.37. The van der Waals surface area contributed by atoms with Crippen molar-refractivity contribution in [3.05, 3.63) is 24.3 Å². The van der Waals surface area contributed by atoms with Crippen molar-refractivity contribution in [2.75, 3.05) is 44.7 Å². The van der Waals surface area contributed by atoms with Gasteiger partial charge in [0.15, 0.2) is 5.96 Å². The molecule has 7 heteroatoms. The largest absolute Gasteiger partial charge is 0.506 e. The molecule has 3 N–H and O–H groups in total. The van der Waals surface area contributed by atoms with Crippen LogP contribution in [0.1, 0.15) is 20.8 Å². The SMILES string of the molecule is CN=C(NCC(=O)NC(C)(C)C)N1CCN(c2ccccc2O)CC1. The summed E-state index contributed by atoms with van der Waals surface area (Å²) < 4.78 is 0. The van der Waals surface area contributed by atoms with Crippen molar-refractivity contribution in [2.24, 2.45) is 4.99 Å². The Kier molecular flexibility index (Phi) is 6.12. The van der Waals surface area contributed by atoms with Gasteiger partial charge in [0.2, 0.25) is 5.91 Å². The highest BCUT2D eigenvalue weighted by molar-refractivity contribution is 5.86. The summed E-state index contributed by atoms with van der Waals surface area (Å²) in [5.74, 6) is 0.972. The van der Waals surface area contributed by atoms with Crippen LogP contribution in [0.3, 0.4) is 0 Å². The lowest BCUT2D eigenvalue weighted by atomic mass is 10.1. The van der Waals surface area contributed by atoms with E-state index in [2.05, 4.69) is 25.4 Å². The molecule has 0 spiro atoms. The van der Waals surface area contributed by atoms with E-state index in [1.807, 2.05) is 39.0 Å². The maximum absolute atomic E-state index is 12.0. The fraction of sp³-hybridized carbons (Fsp3) is 0.556. The van der Waals surface area contributed by atoms with Gasteiger partial charge >= 0.3 is 0 Å². The van der Waals surface area contributed by atoms with Gasteiger partial charge in [-0.3, -0.25) is 9.79 Å². The van der Waals surface area contributed by atoms with Crippen LogP contribution < -0.4 is 15.5 Å². The lowest BCUT2D eigenvalue weighted by molar-refractivity contribution is -0.121. The topological polar surface area (TPSA) is 80.2 Å². The van der Waals surface area contributed by atoms with E-state index in [-0.39, 0.29) is 18.0 Å². The van der Waals surface area contributed by atoms with Crippen LogP contribution in [0, 0.1) is 0 Å². The first-order chi connectivity index (χ1) is 11.8. The van der Waals surface area contributed by atoms with Crippen LogP contribution in [0.5, 0.6) is 5.75 Å². The average Bonchev–Trinajstić information content (AvgIpc) is 2.55. The minimum absolute atomic E-state index is 0.0542. The number of aliphatic imine (C=N–C) groups is 1. The Morgan fingerprint density at radius 2 is 1.84 bits per heavy atom. The van der Waals surface area contributed by atoms with Crippen molar-refractivity contribution in [2.45, 2.75) is 26.3 Å². The highest BCUT2D eigenvalue weighted by Crippen LogP contribution is 2.27. The molecule has 0 aromatic heterocycles. The molecule has 1 amide bonds. The molecule has 25 heavy (non-hydrogen) atoms. The Labute approximate surface area is 149 Å². The second-order valence-corrected chi connectivity index (χ2v) is 7.16. The minimum atomic E-state index is -0.244. The number of amides is 1. The first-order valence-corrected chi connectivity index (χ1v) is 8.60. The van der Waals surface area contributed by atoms with Crippen LogP contribution in [0.2, 0.25) is 0 Å². The highest BCUT2D eigenvalue weighted by atomic mass is 16.3. The van der Waals surface area contributed by atoms with Gasteiger partial charge in [-0.05, 0) is 32.9 Å². The van der Waals surface area contributed by atoms with Crippen LogP contribution in [-0.2, 0) is 4.79 Å². The molecule has 1 aliphatic heterocycles. The van der Waals surface area contributed by atoms with Crippen molar-refractivity contribution in [3.63, 3.8) is 0 Å². The molecule has 0 radical (unpaired) electrons. The molecule has 1 heterocycles. The van der Waals surface area contributed by atoms with Crippen molar-refractivity contribution in [3.8, 4) is 5.75 Å². The number of nitrogens with zero attached hydrogens (tertiary/aromatic N) is 3. The molecule has 2 rings (SSSR count). The van der Waals surface area contributed by atoms with E-state index < -0.39 is 0 Å². The summed E-state index contributed by atoms with van der Waals surface area (Å²) in [6.45, 7) is 9.18. The van der Waals surface area contributed by atoms with E-state index in [1.165, 1.54) is 0 Å². The number of hydrogen-bond donors (Lipinski definition) is 3. The van der Waals surface area contributed by atoms with Crippen molar-refractivity contribution in [1.29, 1.82) is 0 Å². The molecular weight excluding hydrogens is 318 g/mol. The third-order valence-electron chi connectivity index (χ3n) is 3.93. The van der Waals surface area contributed by atoms with Gasteiger partial charge in [0.05, 0.1) is 12.2 Å². The van der Waals surface area contributed by atoms with Gasteiger partial charge in [-0.25, -0.2) is 0 Å². The quantitative estimate of drug-likeness (QED) is 0.562. The number of aromatic hydroxyl groups is 1. The second-order valence-electron chi connectivity index (χ2n) is 7.16. The number of rotatable bonds is 3. The van der Waals surface area contributed by atoms with Crippen LogP contribution in [0.4, 0.5) is 5.69 Å². The number of carbonyl (C=O) groups excluding carboxylic acids is 1. The van der Waals surface area contributed by atoms with E-state index in [4.69, 9.17) is 0 Å². The van der Waals surface area contributed by atoms with E-state index in [1.54, 1.807) is 13.1 Å². The summed E-state index contributed by atoms with van der Waals surface area (Å²) in [6, 6.07) is 7.38. The molecule has 1 aliphatic rings. The zero-order valence-corrected chi connectivity index (χ0v) is 15.5. The fourth-order valence-electron chi connectivity index (χ4n) is 2.84. The average molecular weight is 347 g/mol. The lowest BCUT2D eigenvalue weighted by Crippen LogP contribution is -2.54. The van der Waals surface area contributed by atoms with E-state index in [9.17, 15) is 9.90 Å². The second kappa shape index (κ2) is 8.09. The van der Waals surface area contributed by atoms with Crippen molar-refractivity contribution >= 4 is 17.6 Å². The van der Waals surface area contributed by atoms with Gasteiger partial charge in [0, 0.05) is 38.8 Å². The molecule has 1 aromatic rings. The molecule has 0 unspecified atom stereocenters. The molecule has 0 atom stereocenters. The van der Waals surface area contributed by atoms with E-state index in [0.717, 1.165) is 37.8 Å². The maximum atomic E-state index is 12.0. The Hall–Kier alpha value is -2.44. The summed E-state index contributed by atoms with van der Waals surface area (Å²) in [7, 11) is 1.72. The maximum Gasteiger partial charge on any atom is 0.239 e. The van der Waals surface area contributed by atoms with Crippen LogP contribution in [0.15, 0.2) is 29.3 Å². The smallest absolute Gasteiger partial charge is 0.239 e. The van der Waals surface area contributed by atoms with Crippen molar-refractivity contribution in [1.82, 2.24) is 15.5 Å². The Morgan fingerprint density at radius 3 is 2.40 bits per heavy atom. The first-order valence-electron chi connectivity index (χ1n) is 8.60. The highest BCUT2D eigenvalue weighted by Gasteiger charge is 2.22. The third kappa shape index (κ3) is 5.55. The Bertz CT molecular complexity index is 616. The molecule has 7 nitrogen and oxygen atoms in total. The number of guanidine groups is 1. The summed E-state index contributed by atoms with van der Waals surface area (Å²) in [5, 5.41) is 16.0. The molecule has 138 valence electrons. The predicted molar refractivity (Wildman–Crippen MR) is 101 cm³/mol. The number of anilines is 1. The molecule has 1 fully saturated rings. The number of nitrogens with one attached hydrogen (secondary N) is 2. The van der Waals surface area contributed by atoms with Crippen LogP contribution in [-0.4, -0.2) is 67.2 Å². The zero-order chi connectivity index (χ0) is 18.4. The van der Waals surface area contributed by atoms with Gasteiger partial charge in [0.25, 0.3) is 0 Å². The fourth-order valence-corrected chi connectivity index (χ4v) is 2.84. The molecule has 0 saturated carbocycles.